The SMILES string of the molecule is O=C(O)Cc1ccccc1NC(=O)CCN1CCN(c2ccccc2)CC1. The Labute approximate surface area is 159 Å². The minimum atomic E-state index is -0.909. The first-order valence-electron chi connectivity index (χ1n) is 9.24. The molecule has 1 aliphatic heterocycles. The predicted molar refractivity (Wildman–Crippen MR) is 106 cm³/mol. The molecule has 1 amide bonds. The number of para-hydroxylation sites is 2. The van der Waals surface area contributed by atoms with E-state index in [9.17, 15) is 9.59 Å². The highest BCUT2D eigenvalue weighted by molar-refractivity contribution is 5.92. The third kappa shape index (κ3) is 5.56. The number of carbonyl (C=O) groups excluding carboxylic acids is 1. The molecule has 142 valence electrons. The van der Waals surface area contributed by atoms with Gasteiger partial charge in [0.15, 0.2) is 0 Å². The van der Waals surface area contributed by atoms with Crippen molar-refractivity contribution in [2.75, 3.05) is 42.9 Å². The third-order valence-electron chi connectivity index (χ3n) is 4.78. The number of piperazine rings is 1. The van der Waals surface area contributed by atoms with E-state index in [1.807, 2.05) is 18.2 Å². The summed E-state index contributed by atoms with van der Waals surface area (Å²) in [6, 6.07) is 17.4. The molecule has 0 spiro atoms. The number of nitrogens with zero attached hydrogens (tertiary/aromatic N) is 2. The first-order valence-corrected chi connectivity index (χ1v) is 9.24. The smallest absolute Gasteiger partial charge is 0.307 e. The zero-order valence-electron chi connectivity index (χ0n) is 15.3. The van der Waals surface area contributed by atoms with Crippen LogP contribution in [0.1, 0.15) is 12.0 Å². The van der Waals surface area contributed by atoms with Gasteiger partial charge in [-0.25, -0.2) is 0 Å². The van der Waals surface area contributed by atoms with Gasteiger partial charge < -0.3 is 15.3 Å². The van der Waals surface area contributed by atoms with E-state index in [0.29, 0.717) is 24.2 Å². The summed E-state index contributed by atoms with van der Waals surface area (Å²) in [6.07, 6.45) is 0.296. The van der Waals surface area contributed by atoms with Gasteiger partial charge in [-0.15, -0.1) is 0 Å². The van der Waals surface area contributed by atoms with Gasteiger partial charge >= 0.3 is 5.97 Å². The fourth-order valence-electron chi connectivity index (χ4n) is 3.30. The molecule has 27 heavy (non-hydrogen) atoms. The van der Waals surface area contributed by atoms with Crippen LogP contribution in [0, 0.1) is 0 Å². The van der Waals surface area contributed by atoms with Crippen LogP contribution in [-0.2, 0) is 16.0 Å². The molecule has 2 aromatic rings. The number of carboxylic acid groups (broad SMARTS) is 1. The second-order valence-electron chi connectivity index (χ2n) is 6.69. The number of benzene rings is 2. The summed E-state index contributed by atoms with van der Waals surface area (Å²) in [7, 11) is 0. The highest BCUT2D eigenvalue weighted by atomic mass is 16.4. The number of anilines is 2. The summed E-state index contributed by atoms with van der Waals surface area (Å²) in [5.74, 6) is -0.994. The Kier molecular flexibility index (Phi) is 6.44. The van der Waals surface area contributed by atoms with Crippen LogP contribution in [0.5, 0.6) is 0 Å². The van der Waals surface area contributed by atoms with Crippen molar-refractivity contribution in [3.8, 4) is 0 Å². The van der Waals surface area contributed by atoms with Gasteiger partial charge in [-0.2, -0.15) is 0 Å². The largest absolute Gasteiger partial charge is 0.481 e. The second-order valence-corrected chi connectivity index (χ2v) is 6.69. The Balaban J connectivity index is 1.45. The van der Waals surface area contributed by atoms with Crippen LogP contribution < -0.4 is 10.2 Å². The van der Waals surface area contributed by atoms with E-state index in [2.05, 4.69) is 27.2 Å². The molecule has 1 heterocycles. The van der Waals surface area contributed by atoms with Crippen molar-refractivity contribution in [3.63, 3.8) is 0 Å². The molecule has 2 aromatic carbocycles. The molecule has 3 rings (SSSR count). The zero-order valence-corrected chi connectivity index (χ0v) is 15.3. The summed E-state index contributed by atoms with van der Waals surface area (Å²) < 4.78 is 0. The highest BCUT2D eigenvalue weighted by Crippen LogP contribution is 2.17. The van der Waals surface area contributed by atoms with Gasteiger partial charge in [0.2, 0.25) is 5.91 Å². The maximum atomic E-state index is 12.3. The molecule has 1 aliphatic rings. The first kappa shape index (κ1) is 18.9. The lowest BCUT2D eigenvalue weighted by Crippen LogP contribution is -2.47. The fraction of sp³-hybridized carbons (Fsp3) is 0.333. The Morgan fingerprint density at radius 3 is 2.30 bits per heavy atom. The van der Waals surface area contributed by atoms with Crippen LogP contribution in [0.2, 0.25) is 0 Å². The van der Waals surface area contributed by atoms with E-state index >= 15 is 0 Å². The minimum Gasteiger partial charge on any atom is -0.481 e. The fourth-order valence-corrected chi connectivity index (χ4v) is 3.30. The molecule has 0 radical (unpaired) electrons. The second kappa shape index (κ2) is 9.19. The van der Waals surface area contributed by atoms with Crippen LogP contribution in [-0.4, -0.2) is 54.6 Å². The van der Waals surface area contributed by atoms with E-state index in [-0.39, 0.29) is 12.3 Å². The van der Waals surface area contributed by atoms with Gasteiger partial charge in [-0.3, -0.25) is 14.5 Å². The van der Waals surface area contributed by atoms with Crippen LogP contribution in [0.15, 0.2) is 54.6 Å². The number of nitrogens with one attached hydrogen (secondary N) is 1. The summed E-state index contributed by atoms with van der Waals surface area (Å²) in [6.45, 7) is 4.46. The molecule has 1 fully saturated rings. The molecular weight excluding hydrogens is 342 g/mol. The molecule has 0 saturated carbocycles. The average molecular weight is 367 g/mol. The summed E-state index contributed by atoms with van der Waals surface area (Å²) >= 11 is 0. The van der Waals surface area contributed by atoms with Crippen LogP contribution in [0.4, 0.5) is 11.4 Å². The molecule has 6 nitrogen and oxygen atoms in total. The van der Waals surface area contributed by atoms with Crippen molar-refractivity contribution in [2.24, 2.45) is 0 Å². The number of hydrogen-bond donors (Lipinski definition) is 2. The van der Waals surface area contributed by atoms with Crippen LogP contribution in [0.25, 0.3) is 0 Å². The van der Waals surface area contributed by atoms with E-state index in [1.165, 1.54) is 5.69 Å². The van der Waals surface area contributed by atoms with E-state index < -0.39 is 5.97 Å². The number of rotatable bonds is 7. The molecule has 6 heteroatoms. The lowest BCUT2D eigenvalue weighted by Gasteiger charge is -2.36. The lowest BCUT2D eigenvalue weighted by molar-refractivity contribution is -0.136. The Hall–Kier alpha value is -2.86. The molecule has 0 aromatic heterocycles. The number of hydrogen-bond acceptors (Lipinski definition) is 4. The van der Waals surface area contributed by atoms with E-state index in [4.69, 9.17) is 5.11 Å². The average Bonchev–Trinajstić information content (AvgIpc) is 2.69. The van der Waals surface area contributed by atoms with Gasteiger partial charge in [0.25, 0.3) is 0 Å². The molecule has 0 unspecified atom stereocenters. The Bertz CT molecular complexity index is 771. The topological polar surface area (TPSA) is 72.9 Å². The summed E-state index contributed by atoms with van der Waals surface area (Å²) in [5, 5.41) is 11.8. The van der Waals surface area contributed by atoms with Crippen molar-refractivity contribution in [3.05, 3.63) is 60.2 Å². The summed E-state index contributed by atoms with van der Waals surface area (Å²) in [5.41, 5.74) is 2.44. The molecule has 0 bridgehead atoms. The molecule has 0 atom stereocenters. The number of carboxylic acids is 1. The molecule has 1 saturated heterocycles. The molecule has 0 aliphatic carbocycles. The van der Waals surface area contributed by atoms with Crippen molar-refractivity contribution in [1.29, 1.82) is 0 Å². The molecular formula is C21H25N3O3. The normalized spacial score (nSPS) is 14.7. The number of aliphatic carboxylic acids is 1. The molecule has 2 N–H and O–H groups in total. The van der Waals surface area contributed by atoms with Gasteiger partial charge in [0, 0.05) is 50.5 Å². The first-order chi connectivity index (χ1) is 13.1. The monoisotopic (exact) mass is 367 g/mol. The van der Waals surface area contributed by atoms with Crippen molar-refractivity contribution in [2.45, 2.75) is 12.8 Å². The van der Waals surface area contributed by atoms with Gasteiger partial charge in [-0.1, -0.05) is 36.4 Å². The van der Waals surface area contributed by atoms with Crippen LogP contribution >= 0.6 is 0 Å². The lowest BCUT2D eigenvalue weighted by atomic mass is 10.1. The van der Waals surface area contributed by atoms with Gasteiger partial charge in [0.05, 0.1) is 6.42 Å². The highest BCUT2D eigenvalue weighted by Gasteiger charge is 2.18. The van der Waals surface area contributed by atoms with E-state index in [1.54, 1.807) is 24.3 Å². The van der Waals surface area contributed by atoms with Crippen LogP contribution in [0.3, 0.4) is 0 Å². The quantitative estimate of drug-likeness (QED) is 0.787. The maximum absolute atomic E-state index is 12.3. The van der Waals surface area contributed by atoms with Crippen molar-refractivity contribution >= 4 is 23.3 Å². The third-order valence-corrected chi connectivity index (χ3v) is 4.78. The standard InChI is InChI=1S/C21H25N3O3/c25-20(22-19-9-5-4-6-17(19)16-21(26)27)10-11-23-12-14-24(15-13-23)18-7-2-1-3-8-18/h1-9H,10-16H2,(H,22,25)(H,26,27). The van der Waals surface area contributed by atoms with E-state index in [0.717, 1.165) is 26.2 Å². The minimum absolute atomic E-state index is 0.0849. The zero-order chi connectivity index (χ0) is 19.1. The Morgan fingerprint density at radius 2 is 1.59 bits per heavy atom. The summed E-state index contributed by atoms with van der Waals surface area (Å²) in [4.78, 5) is 27.9. The maximum Gasteiger partial charge on any atom is 0.307 e. The van der Waals surface area contributed by atoms with Gasteiger partial charge in [0.1, 0.15) is 0 Å². The van der Waals surface area contributed by atoms with Crippen molar-refractivity contribution in [1.82, 2.24) is 4.90 Å². The van der Waals surface area contributed by atoms with Crippen molar-refractivity contribution < 1.29 is 14.7 Å². The number of amides is 1. The predicted octanol–water partition coefficient (Wildman–Crippen LogP) is 2.46. The number of carbonyl (C=O) groups is 2. The Morgan fingerprint density at radius 1 is 0.926 bits per heavy atom. The van der Waals surface area contributed by atoms with Gasteiger partial charge in [-0.05, 0) is 23.8 Å².